The summed E-state index contributed by atoms with van der Waals surface area (Å²) < 4.78 is 76.1. The van der Waals surface area contributed by atoms with Gasteiger partial charge in [-0.3, -0.25) is 4.72 Å². The third-order valence-corrected chi connectivity index (χ3v) is 6.92. The van der Waals surface area contributed by atoms with Gasteiger partial charge in [-0.15, -0.1) is 0 Å². The Morgan fingerprint density at radius 2 is 1.84 bits per heavy atom. The fourth-order valence-electron chi connectivity index (χ4n) is 3.64. The Kier molecular flexibility index (Phi) is 4.57. The van der Waals surface area contributed by atoms with Gasteiger partial charge >= 0.3 is 0 Å². The molecule has 0 atom stereocenters. The molecule has 12 heteroatoms. The molecule has 0 saturated heterocycles. The van der Waals surface area contributed by atoms with E-state index in [1.165, 1.54) is 0 Å². The fourth-order valence-corrected chi connectivity index (χ4v) is 5.12. The maximum Gasteiger partial charge on any atom is 0.265 e. The van der Waals surface area contributed by atoms with Gasteiger partial charge in [-0.1, -0.05) is 16.8 Å². The van der Waals surface area contributed by atoms with Gasteiger partial charge in [-0.2, -0.15) is 4.39 Å². The summed E-state index contributed by atoms with van der Waals surface area (Å²) in [4.78, 5) is 2.90. The number of aromatic nitrogens is 2. The van der Waals surface area contributed by atoms with Crippen LogP contribution in [0.25, 0.3) is 22.1 Å². The molecule has 5 rings (SSSR count). The van der Waals surface area contributed by atoms with Gasteiger partial charge in [0.2, 0.25) is 5.95 Å². The number of hydrogen-bond acceptors (Lipinski definition) is 6. The van der Waals surface area contributed by atoms with E-state index in [0.717, 1.165) is 24.4 Å². The Labute approximate surface area is 183 Å². The van der Waals surface area contributed by atoms with E-state index in [-0.39, 0.29) is 40.6 Å². The number of hydrogen-bond donors (Lipinski definition) is 2. The van der Waals surface area contributed by atoms with Crippen molar-refractivity contribution in [1.29, 1.82) is 0 Å². The lowest BCUT2D eigenvalue weighted by molar-refractivity contribution is 0.437. The molecule has 4 bridgehead atoms. The highest BCUT2D eigenvalue weighted by atomic mass is 35.5. The van der Waals surface area contributed by atoms with Crippen LogP contribution >= 0.6 is 11.6 Å². The predicted octanol–water partition coefficient (Wildman–Crippen LogP) is 4.57. The van der Waals surface area contributed by atoms with Crippen LogP contribution in [0.15, 0.2) is 39.9 Å². The number of pyridine rings is 1. The number of aromatic hydroxyl groups is 1. The normalized spacial score (nSPS) is 14.9. The molecule has 32 heavy (non-hydrogen) atoms. The van der Waals surface area contributed by atoms with Crippen molar-refractivity contribution in [1.82, 2.24) is 10.1 Å². The Hall–Kier alpha value is -3.31. The Balaban J connectivity index is 1.85. The first-order valence-corrected chi connectivity index (χ1v) is 11.0. The summed E-state index contributed by atoms with van der Waals surface area (Å²) in [5, 5.41) is 14.0. The van der Waals surface area contributed by atoms with Crippen LogP contribution in [0.2, 0.25) is 5.02 Å². The van der Waals surface area contributed by atoms with Crippen LogP contribution in [0, 0.1) is 17.6 Å². The van der Waals surface area contributed by atoms with Crippen LogP contribution in [0.5, 0.6) is 5.75 Å². The summed E-state index contributed by atoms with van der Waals surface area (Å²) in [6.45, 7) is 0. The molecule has 0 fully saturated rings. The second-order valence-corrected chi connectivity index (χ2v) is 9.15. The molecule has 0 radical (unpaired) electrons. The predicted molar refractivity (Wildman–Crippen MR) is 108 cm³/mol. The standard InChI is InChI=1S/C20H11ClF3N3O4S/c21-18-19(28)16-5-10-14(26-31-20(10)18)2-1-8-3-17(24)25-7-11(8)9-4-15(27-32(16,29)30)13(23)6-12(9)22/h3-7,27-28H,1-2H2. The third-order valence-electron chi connectivity index (χ3n) is 5.19. The highest BCUT2D eigenvalue weighted by Crippen LogP contribution is 2.41. The molecule has 0 amide bonds. The quantitative estimate of drug-likeness (QED) is 0.357. The van der Waals surface area contributed by atoms with Crippen molar-refractivity contribution in [3.8, 4) is 16.9 Å². The molecule has 2 aromatic heterocycles. The molecule has 7 nitrogen and oxygen atoms in total. The van der Waals surface area contributed by atoms with Gasteiger partial charge < -0.3 is 9.63 Å². The topological polar surface area (TPSA) is 105 Å². The van der Waals surface area contributed by atoms with E-state index in [4.69, 9.17) is 16.1 Å². The number of benzene rings is 2. The minimum atomic E-state index is -4.58. The largest absolute Gasteiger partial charge is 0.505 e. The number of anilines is 1. The zero-order chi connectivity index (χ0) is 22.8. The number of rotatable bonds is 0. The lowest BCUT2D eigenvalue weighted by Gasteiger charge is -2.14. The molecule has 0 aliphatic carbocycles. The first-order chi connectivity index (χ1) is 15.2. The van der Waals surface area contributed by atoms with Crippen molar-refractivity contribution in [2.75, 3.05) is 4.72 Å². The molecule has 0 spiro atoms. The van der Waals surface area contributed by atoms with Crippen LogP contribution in [-0.4, -0.2) is 23.7 Å². The summed E-state index contributed by atoms with van der Waals surface area (Å²) in [5.41, 5.74) is -0.0681. The van der Waals surface area contributed by atoms with Gasteiger partial charge in [0.05, 0.1) is 11.4 Å². The van der Waals surface area contributed by atoms with E-state index in [9.17, 15) is 26.7 Å². The van der Waals surface area contributed by atoms with E-state index in [1.54, 1.807) is 0 Å². The molecule has 1 aliphatic rings. The molecule has 3 heterocycles. The minimum absolute atomic E-state index is 0.0492. The Morgan fingerprint density at radius 1 is 1.06 bits per heavy atom. The number of phenols is 1. The van der Waals surface area contributed by atoms with Crippen molar-refractivity contribution in [3.63, 3.8) is 0 Å². The van der Waals surface area contributed by atoms with Crippen LogP contribution < -0.4 is 4.72 Å². The first kappa shape index (κ1) is 20.6. The number of halogens is 4. The average Bonchev–Trinajstić information content (AvgIpc) is 3.14. The second-order valence-electron chi connectivity index (χ2n) is 7.12. The van der Waals surface area contributed by atoms with E-state index in [1.807, 2.05) is 4.72 Å². The van der Waals surface area contributed by atoms with Crippen molar-refractivity contribution in [2.45, 2.75) is 17.7 Å². The van der Waals surface area contributed by atoms with E-state index < -0.39 is 49.0 Å². The summed E-state index contributed by atoms with van der Waals surface area (Å²) >= 11 is 6.09. The zero-order valence-electron chi connectivity index (χ0n) is 15.8. The van der Waals surface area contributed by atoms with E-state index in [2.05, 4.69) is 10.1 Å². The van der Waals surface area contributed by atoms with Crippen molar-refractivity contribution in [2.24, 2.45) is 0 Å². The average molecular weight is 482 g/mol. The molecule has 4 aromatic rings. The smallest absolute Gasteiger partial charge is 0.265 e. The van der Waals surface area contributed by atoms with E-state index in [0.29, 0.717) is 11.6 Å². The van der Waals surface area contributed by atoms with Crippen molar-refractivity contribution < 1.29 is 31.2 Å². The first-order valence-electron chi connectivity index (χ1n) is 9.12. The van der Waals surface area contributed by atoms with Crippen LogP contribution in [0.3, 0.4) is 0 Å². The minimum Gasteiger partial charge on any atom is -0.505 e. The number of fused-ring (bicyclic) bond motifs is 5. The lowest BCUT2D eigenvalue weighted by Crippen LogP contribution is -2.15. The molecular formula is C20H11ClF3N3O4S. The number of nitrogens with zero attached hydrogens (tertiary/aromatic N) is 2. The Bertz CT molecular complexity index is 1540. The monoisotopic (exact) mass is 481 g/mol. The maximum absolute atomic E-state index is 14.7. The number of sulfonamides is 1. The third kappa shape index (κ3) is 3.16. The van der Waals surface area contributed by atoms with Crippen LogP contribution in [0.1, 0.15) is 11.3 Å². The lowest BCUT2D eigenvalue weighted by atomic mass is 9.96. The molecule has 2 aromatic carbocycles. The molecule has 2 N–H and O–H groups in total. The van der Waals surface area contributed by atoms with Gasteiger partial charge in [0.1, 0.15) is 21.6 Å². The number of phenolic OH excluding ortho intramolecular Hbond substituents is 1. The van der Waals surface area contributed by atoms with Crippen LogP contribution in [-0.2, 0) is 22.9 Å². The molecule has 164 valence electrons. The second kappa shape index (κ2) is 7.10. The van der Waals surface area contributed by atoms with Gasteiger partial charge in [0.15, 0.2) is 11.3 Å². The molecule has 1 aliphatic heterocycles. The van der Waals surface area contributed by atoms with Crippen LogP contribution in [0.4, 0.5) is 18.9 Å². The van der Waals surface area contributed by atoms with Gasteiger partial charge in [0.25, 0.3) is 10.0 Å². The number of aryl methyl sites for hydroxylation is 2. The SMILES string of the molecule is O=S1(=O)Nc2cc(c(F)cc2F)-c2cnc(F)cc2CCc2noc3c(Cl)c(O)c1cc23. The van der Waals surface area contributed by atoms with Gasteiger partial charge in [-0.25, -0.2) is 22.2 Å². The highest BCUT2D eigenvalue weighted by Gasteiger charge is 2.28. The number of nitrogens with one attached hydrogen (secondary N) is 1. The van der Waals surface area contributed by atoms with Crippen molar-refractivity contribution in [3.05, 3.63) is 64.3 Å². The van der Waals surface area contributed by atoms with Crippen molar-refractivity contribution >= 4 is 38.3 Å². The zero-order valence-corrected chi connectivity index (χ0v) is 17.4. The van der Waals surface area contributed by atoms with Gasteiger partial charge in [-0.05, 0) is 36.6 Å². The summed E-state index contributed by atoms with van der Waals surface area (Å²) in [6, 6.07) is 3.65. The molecule has 0 unspecified atom stereocenters. The summed E-state index contributed by atoms with van der Waals surface area (Å²) in [6.07, 6.45) is 1.35. The Morgan fingerprint density at radius 3 is 2.62 bits per heavy atom. The molecular weight excluding hydrogens is 471 g/mol. The van der Waals surface area contributed by atoms with Gasteiger partial charge in [0, 0.05) is 28.8 Å². The van der Waals surface area contributed by atoms with E-state index >= 15 is 0 Å². The maximum atomic E-state index is 14.7. The molecule has 0 saturated carbocycles. The fraction of sp³-hybridized carbons (Fsp3) is 0.100. The summed E-state index contributed by atoms with van der Waals surface area (Å²) in [7, 11) is -4.58. The highest BCUT2D eigenvalue weighted by molar-refractivity contribution is 7.92. The summed E-state index contributed by atoms with van der Waals surface area (Å²) in [5.74, 6) is -3.82.